The average molecular weight is 457 g/mol. The first kappa shape index (κ1) is 23.4. The van der Waals surface area contributed by atoms with Crippen LogP contribution in [0.1, 0.15) is 34.5 Å². The summed E-state index contributed by atoms with van der Waals surface area (Å²) in [6.07, 6.45) is 0. The highest BCUT2D eigenvalue weighted by Gasteiger charge is 2.22. The van der Waals surface area contributed by atoms with Crippen LogP contribution in [0.25, 0.3) is 0 Å². The summed E-state index contributed by atoms with van der Waals surface area (Å²) in [4.78, 5) is 13.0. The smallest absolute Gasteiger partial charge is 0.251 e. The third-order valence-corrected chi connectivity index (χ3v) is 6.92. The third kappa shape index (κ3) is 5.33. The molecule has 0 saturated carbocycles. The van der Waals surface area contributed by atoms with Crippen LogP contribution in [0.15, 0.2) is 77.7 Å². The Bertz CT molecular complexity index is 1180. The van der Waals surface area contributed by atoms with Gasteiger partial charge in [-0.1, -0.05) is 30.3 Å². The predicted molar refractivity (Wildman–Crippen MR) is 120 cm³/mol. The van der Waals surface area contributed by atoms with E-state index in [-0.39, 0.29) is 29.2 Å². The number of rotatable bonds is 8. The number of ether oxygens (including phenoxy) is 1. The first-order valence-corrected chi connectivity index (χ1v) is 11.4. The van der Waals surface area contributed by atoms with E-state index in [0.717, 1.165) is 5.56 Å². The molecule has 0 heterocycles. The Morgan fingerprint density at radius 3 is 2.34 bits per heavy atom. The third-order valence-electron chi connectivity index (χ3n) is 5.10. The molecule has 0 aliphatic heterocycles. The second-order valence-corrected chi connectivity index (χ2v) is 9.39. The van der Waals surface area contributed by atoms with Gasteiger partial charge in [-0.05, 0) is 55.0 Å². The number of methoxy groups -OCH3 is 1. The normalized spacial score (nSPS) is 12.4. The lowest BCUT2D eigenvalue weighted by Crippen LogP contribution is -2.28. The number of benzene rings is 3. The molecule has 0 fully saturated rings. The average Bonchev–Trinajstić information content (AvgIpc) is 2.79. The SMILES string of the molecule is COc1ccc(C(=O)N[C@H](C)c2ccc(F)cc2)cc1CN(C)S(=O)(=O)c1ccccc1. The summed E-state index contributed by atoms with van der Waals surface area (Å²) < 4.78 is 45.4. The van der Waals surface area contributed by atoms with Crippen molar-refractivity contribution in [3.63, 3.8) is 0 Å². The van der Waals surface area contributed by atoms with E-state index in [2.05, 4.69) is 5.32 Å². The second-order valence-electron chi connectivity index (χ2n) is 7.35. The molecule has 3 aromatic rings. The molecule has 0 saturated heterocycles. The molecule has 32 heavy (non-hydrogen) atoms. The van der Waals surface area contributed by atoms with Crippen molar-refractivity contribution in [3.8, 4) is 5.75 Å². The fraction of sp³-hybridized carbons (Fsp3) is 0.208. The predicted octanol–water partition coefficient (Wildman–Crippen LogP) is 4.15. The molecule has 1 amide bonds. The van der Waals surface area contributed by atoms with Gasteiger partial charge in [0, 0.05) is 24.7 Å². The first-order valence-electron chi connectivity index (χ1n) is 9.97. The van der Waals surface area contributed by atoms with Gasteiger partial charge >= 0.3 is 0 Å². The Kier molecular flexibility index (Phi) is 7.27. The van der Waals surface area contributed by atoms with Gasteiger partial charge in [0.15, 0.2) is 0 Å². The number of carbonyl (C=O) groups excluding carboxylic acids is 1. The van der Waals surface area contributed by atoms with Crippen molar-refractivity contribution in [2.24, 2.45) is 0 Å². The van der Waals surface area contributed by atoms with Crippen LogP contribution in [0.4, 0.5) is 4.39 Å². The van der Waals surface area contributed by atoms with Gasteiger partial charge in [-0.15, -0.1) is 0 Å². The minimum absolute atomic E-state index is 0.0229. The van der Waals surface area contributed by atoms with E-state index < -0.39 is 10.0 Å². The molecular weight excluding hydrogens is 431 g/mol. The van der Waals surface area contributed by atoms with Crippen LogP contribution < -0.4 is 10.1 Å². The standard InChI is InChI=1S/C24H25FN2O4S/c1-17(18-9-12-21(25)13-10-18)26-24(28)19-11-14-23(31-3)20(15-19)16-27(2)32(29,30)22-7-5-4-6-8-22/h4-15,17H,16H2,1-3H3,(H,26,28)/t17-/m1/s1. The quantitative estimate of drug-likeness (QED) is 0.553. The number of carbonyl (C=O) groups is 1. The number of hydrogen-bond acceptors (Lipinski definition) is 4. The zero-order chi connectivity index (χ0) is 23.3. The van der Waals surface area contributed by atoms with E-state index in [0.29, 0.717) is 16.9 Å². The molecule has 3 aromatic carbocycles. The number of amides is 1. The molecule has 0 aliphatic carbocycles. The van der Waals surface area contributed by atoms with Gasteiger partial charge in [0.1, 0.15) is 11.6 Å². The molecule has 0 bridgehead atoms. The highest BCUT2D eigenvalue weighted by atomic mass is 32.2. The van der Waals surface area contributed by atoms with E-state index >= 15 is 0 Å². The summed E-state index contributed by atoms with van der Waals surface area (Å²) in [5.74, 6) is -0.204. The second kappa shape index (κ2) is 9.93. The maximum Gasteiger partial charge on any atom is 0.251 e. The zero-order valence-corrected chi connectivity index (χ0v) is 18.9. The maximum atomic E-state index is 13.1. The monoisotopic (exact) mass is 456 g/mol. The molecule has 0 spiro atoms. The minimum atomic E-state index is -3.71. The van der Waals surface area contributed by atoms with E-state index in [9.17, 15) is 17.6 Å². The summed E-state index contributed by atoms with van der Waals surface area (Å²) >= 11 is 0. The lowest BCUT2D eigenvalue weighted by molar-refractivity contribution is 0.0939. The van der Waals surface area contributed by atoms with Crippen LogP contribution in [0.5, 0.6) is 5.75 Å². The summed E-state index contributed by atoms with van der Waals surface area (Å²) in [7, 11) is -0.743. The van der Waals surface area contributed by atoms with E-state index in [1.807, 2.05) is 0 Å². The summed E-state index contributed by atoms with van der Waals surface area (Å²) in [6, 6.07) is 18.6. The number of nitrogens with one attached hydrogen (secondary N) is 1. The Morgan fingerprint density at radius 2 is 1.72 bits per heavy atom. The Hall–Kier alpha value is -3.23. The van der Waals surface area contributed by atoms with Crippen molar-refractivity contribution in [2.45, 2.75) is 24.4 Å². The molecule has 6 nitrogen and oxygen atoms in total. The van der Waals surface area contributed by atoms with E-state index in [1.54, 1.807) is 55.5 Å². The highest BCUT2D eigenvalue weighted by Crippen LogP contribution is 2.25. The van der Waals surface area contributed by atoms with Crippen LogP contribution >= 0.6 is 0 Å². The molecule has 8 heteroatoms. The van der Waals surface area contributed by atoms with Crippen molar-refractivity contribution in [1.82, 2.24) is 9.62 Å². The first-order chi connectivity index (χ1) is 15.2. The van der Waals surface area contributed by atoms with Crippen LogP contribution in [-0.4, -0.2) is 32.8 Å². The van der Waals surface area contributed by atoms with Gasteiger partial charge in [-0.3, -0.25) is 4.79 Å². The molecule has 0 aliphatic rings. The minimum Gasteiger partial charge on any atom is -0.496 e. The van der Waals surface area contributed by atoms with Gasteiger partial charge < -0.3 is 10.1 Å². The molecular formula is C24H25FN2O4S. The van der Waals surface area contributed by atoms with E-state index in [1.165, 1.54) is 42.7 Å². The molecule has 1 atom stereocenters. The Labute approximate surface area is 187 Å². The van der Waals surface area contributed by atoms with Crippen molar-refractivity contribution in [1.29, 1.82) is 0 Å². The number of hydrogen-bond donors (Lipinski definition) is 1. The van der Waals surface area contributed by atoms with Crippen LogP contribution in [-0.2, 0) is 16.6 Å². The van der Waals surface area contributed by atoms with Gasteiger partial charge in [-0.25, -0.2) is 12.8 Å². The Balaban J connectivity index is 1.80. The van der Waals surface area contributed by atoms with Crippen LogP contribution in [0.2, 0.25) is 0 Å². The molecule has 0 unspecified atom stereocenters. The van der Waals surface area contributed by atoms with Crippen molar-refractivity contribution in [2.75, 3.05) is 14.2 Å². The fourth-order valence-electron chi connectivity index (χ4n) is 3.26. The maximum absolute atomic E-state index is 13.1. The molecule has 0 radical (unpaired) electrons. The van der Waals surface area contributed by atoms with Crippen LogP contribution in [0.3, 0.4) is 0 Å². The highest BCUT2D eigenvalue weighted by molar-refractivity contribution is 7.89. The lowest BCUT2D eigenvalue weighted by Gasteiger charge is -2.20. The molecule has 1 N–H and O–H groups in total. The summed E-state index contributed by atoms with van der Waals surface area (Å²) in [6.45, 7) is 1.82. The summed E-state index contributed by atoms with van der Waals surface area (Å²) in [5, 5.41) is 2.87. The van der Waals surface area contributed by atoms with Gasteiger partial charge in [-0.2, -0.15) is 4.31 Å². The van der Waals surface area contributed by atoms with Crippen molar-refractivity contribution < 1.29 is 22.3 Å². The molecule has 168 valence electrons. The van der Waals surface area contributed by atoms with Gasteiger partial charge in [0.05, 0.1) is 18.0 Å². The zero-order valence-electron chi connectivity index (χ0n) is 18.1. The number of halogens is 1. The lowest BCUT2D eigenvalue weighted by atomic mass is 10.1. The Morgan fingerprint density at radius 1 is 1.06 bits per heavy atom. The topological polar surface area (TPSA) is 75.7 Å². The number of nitrogens with zero attached hydrogens (tertiary/aromatic N) is 1. The van der Waals surface area contributed by atoms with Crippen molar-refractivity contribution in [3.05, 3.63) is 95.3 Å². The van der Waals surface area contributed by atoms with Gasteiger partial charge in [0.25, 0.3) is 5.91 Å². The van der Waals surface area contributed by atoms with Crippen molar-refractivity contribution >= 4 is 15.9 Å². The van der Waals surface area contributed by atoms with Crippen LogP contribution in [0, 0.1) is 5.82 Å². The van der Waals surface area contributed by atoms with Gasteiger partial charge in [0.2, 0.25) is 10.0 Å². The molecule has 0 aromatic heterocycles. The largest absolute Gasteiger partial charge is 0.496 e. The van der Waals surface area contributed by atoms with E-state index in [4.69, 9.17) is 4.74 Å². The number of sulfonamides is 1. The fourth-order valence-corrected chi connectivity index (χ4v) is 4.43. The summed E-state index contributed by atoms with van der Waals surface area (Å²) in [5.41, 5.74) is 1.68. The molecule has 3 rings (SSSR count).